The van der Waals surface area contributed by atoms with Gasteiger partial charge in [0.1, 0.15) is 4.90 Å². The lowest BCUT2D eigenvalue weighted by Crippen LogP contribution is -2.23. The summed E-state index contributed by atoms with van der Waals surface area (Å²) in [6.45, 7) is 0.467. The molecule has 0 aliphatic carbocycles. The molecule has 2 aromatic rings. The number of halogens is 1. The minimum Gasteiger partial charge on any atom is -0.326 e. The largest absolute Gasteiger partial charge is 0.326 e. The number of rotatable bonds is 5. The molecule has 0 amide bonds. The SMILES string of the molecule is Cn1cc(CNS(=O)(=O)c2ccc(CN)cc2Cl)cn1. The second-order valence-electron chi connectivity index (χ2n) is 4.32. The number of nitrogens with one attached hydrogen (secondary N) is 1. The lowest BCUT2D eigenvalue weighted by Gasteiger charge is -2.08. The molecular weight excluding hydrogens is 300 g/mol. The predicted molar refractivity (Wildman–Crippen MR) is 76.6 cm³/mol. The highest BCUT2D eigenvalue weighted by molar-refractivity contribution is 7.89. The molecule has 108 valence electrons. The van der Waals surface area contributed by atoms with Gasteiger partial charge < -0.3 is 5.73 Å². The van der Waals surface area contributed by atoms with Crippen molar-refractivity contribution in [2.24, 2.45) is 12.8 Å². The maximum Gasteiger partial charge on any atom is 0.242 e. The maximum absolute atomic E-state index is 12.2. The van der Waals surface area contributed by atoms with Gasteiger partial charge in [-0.2, -0.15) is 5.10 Å². The summed E-state index contributed by atoms with van der Waals surface area (Å²) >= 11 is 5.99. The fraction of sp³-hybridized carbons (Fsp3) is 0.250. The molecule has 6 nitrogen and oxygen atoms in total. The fourth-order valence-corrected chi connectivity index (χ4v) is 3.29. The van der Waals surface area contributed by atoms with Crippen LogP contribution >= 0.6 is 11.6 Å². The van der Waals surface area contributed by atoms with Gasteiger partial charge in [0.2, 0.25) is 10.0 Å². The Morgan fingerprint density at radius 2 is 2.15 bits per heavy atom. The van der Waals surface area contributed by atoms with Gasteiger partial charge in [-0.15, -0.1) is 0 Å². The molecule has 3 N–H and O–H groups in total. The molecule has 8 heteroatoms. The average molecular weight is 315 g/mol. The van der Waals surface area contributed by atoms with Crippen LogP contribution in [0.5, 0.6) is 0 Å². The number of benzene rings is 1. The molecule has 0 saturated heterocycles. The molecule has 0 radical (unpaired) electrons. The summed E-state index contributed by atoms with van der Waals surface area (Å²) in [6.07, 6.45) is 3.34. The standard InChI is InChI=1S/C12H15ClN4O2S/c1-17-8-10(6-15-17)7-16-20(18,19)12-3-2-9(5-14)4-11(12)13/h2-4,6,8,16H,5,7,14H2,1H3. The number of sulfonamides is 1. The minimum absolute atomic E-state index is 0.0419. The van der Waals surface area contributed by atoms with E-state index in [1.54, 1.807) is 36.3 Å². The smallest absolute Gasteiger partial charge is 0.242 e. The third-order valence-corrected chi connectivity index (χ3v) is 4.63. The summed E-state index contributed by atoms with van der Waals surface area (Å²) in [6, 6.07) is 4.65. The highest BCUT2D eigenvalue weighted by atomic mass is 35.5. The molecule has 0 aliphatic heterocycles. The first-order valence-corrected chi connectivity index (χ1v) is 7.74. The Bertz CT molecular complexity index is 712. The topological polar surface area (TPSA) is 90.0 Å². The van der Waals surface area contributed by atoms with Gasteiger partial charge in [-0.1, -0.05) is 17.7 Å². The van der Waals surface area contributed by atoms with Crippen LogP contribution < -0.4 is 10.5 Å². The Hall–Kier alpha value is -1.41. The zero-order valence-electron chi connectivity index (χ0n) is 10.9. The van der Waals surface area contributed by atoms with E-state index in [-0.39, 0.29) is 16.5 Å². The summed E-state index contributed by atoms with van der Waals surface area (Å²) in [7, 11) is -1.90. The summed E-state index contributed by atoms with van der Waals surface area (Å²) in [5.41, 5.74) is 7.03. The van der Waals surface area contributed by atoms with E-state index in [1.165, 1.54) is 6.07 Å². The second kappa shape index (κ2) is 5.92. The summed E-state index contributed by atoms with van der Waals surface area (Å²) < 4.78 is 28.4. The number of nitrogens with two attached hydrogens (primary N) is 1. The van der Waals surface area contributed by atoms with Crippen molar-refractivity contribution >= 4 is 21.6 Å². The number of nitrogens with zero attached hydrogens (tertiary/aromatic N) is 2. The molecule has 0 bridgehead atoms. The Morgan fingerprint density at radius 1 is 1.40 bits per heavy atom. The van der Waals surface area contributed by atoms with Gasteiger partial charge in [0, 0.05) is 31.9 Å². The van der Waals surface area contributed by atoms with Crippen LogP contribution in [0.25, 0.3) is 0 Å². The number of hydrogen-bond acceptors (Lipinski definition) is 4. The lowest BCUT2D eigenvalue weighted by atomic mass is 10.2. The Labute approximate surface area is 122 Å². The first kappa shape index (κ1) is 15.0. The Kier molecular flexibility index (Phi) is 4.44. The highest BCUT2D eigenvalue weighted by Crippen LogP contribution is 2.22. The van der Waals surface area contributed by atoms with Gasteiger partial charge in [0.25, 0.3) is 0 Å². The van der Waals surface area contributed by atoms with Crippen molar-refractivity contribution in [1.29, 1.82) is 0 Å². The Morgan fingerprint density at radius 3 is 2.70 bits per heavy atom. The fourth-order valence-electron chi connectivity index (χ4n) is 1.71. The van der Waals surface area contributed by atoms with E-state index < -0.39 is 10.0 Å². The van der Waals surface area contributed by atoms with Gasteiger partial charge >= 0.3 is 0 Å². The second-order valence-corrected chi connectivity index (χ2v) is 6.46. The van der Waals surface area contributed by atoms with Gasteiger partial charge in [-0.05, 0) is 17.7 Å². The predicted octanol–water partition coefficient (Wildman–Crippen LogP) is 1.01. The van der Waals surface area contributed by atoms with Crippen LogP contribution in [-0.4, -0.2) is 18.2 Å². The normalized spacial score (nSPS) is 11.8. The summed E-state index contributed by atoms with van der Waals surface area (Å²) in [4.78, 5) is 0.0419. The Balaban J connectivity index is 2.18. The number of aromatic nitrogens is 2. The van der Waals surface area contributed by atoms with E-state index in [0.717, 1.165) is 11.1 Å². The van der Waals surface area contributed by atoms with Crippen LogP contribution in [0, 0.1) is 0 Å². The molecule has 0 saturated carbocycles. The van der Waals surface area contributed by atoms with E-state index in [4.69, 9.17) is 17.3 Å². The molecule has 2 rings (SSSR count). The zero-order chi connectivity index (χ0) is 14.8. The molecular formula is C12H15ClN4O2S. The van der Waals surface area contributed by atoms with Crippen molar-refractivity contribution in [3.63, 3.8) is 0 Å². The average Bonchev–Trinajstić information content (AvgIpc) is 2.82. The van der Waals surface area contributed by atoms with E-state index >= 15 is 0 Å². The van der Waals surface area contributed by atoms with Crippen molar-refractivity contribution < 1.29 is 8.42 Å². The van der Waals surface area contributed by atoms with Crippen LogP contribution in [-0.2, 0) is 30.2 Å². The van der Waals surface area contributed by atoms with Crippen molar-refractivity contribution in [2.75, 3.05) is 0 Å². The molecule has 1 aromatic carbocycles. The van der Waals surface area contributed by atoms with E-state index in [2.05, 4.69) is 9.82 Å². The van der Waals surface area contributed by atoms with Crippen molar-refractivity contribution in [3.05, 3.63) is 46.7 Å². The lowest BCUT2D eigenvalue weighted by molar-refractivity contribution is 0.581. The van der Waals surface area contributed by atoms with Gasteiger partial charge in [0.05, 0.1) is 11.2 Å². The first-order valence-electron chi connectivity index (χ1n) is 5.88. The van der Waals surface area contributed by atoms with Crippen molar-refractivity contribution in [2.45, 2.75) is 18.0 Å². The van der Waals surface area contributed by atoms with Crippen LogP contribution in [0.1, 0.15) is 11.1 Å². The molecule has 0 aliphatic rings. The zero-order valence-corrected chi connectivity index (χ0v) is 12.4. The van der Waals surface area contributed by atoms with Gasteiger partial charge in [0.15, 0.2) is 0 Å². The molecule has 0 atom stereocenters. The summed E-state index contributed by atoms with van der Waals surface area (Å²) in [5.74, 6) is 0. The summed E-state index contributed by atoms with van der Waals surface area (Å²) in [5, 5.41) is 4.13. The van der Waals surface area contributed by atoms with E-state index in [9.17, 15) is 8.42 Å². The van der Waals surface area contributed by atoms with Crippen LogP contribution in [0.3, 0.4) is 0 Å². The molecule has 1 heterocycles. The molecule has 1 aromatic heterocycles. The minimum atomic E-state index is -3.66. The van der Waals surface area contributed by atoms with Crippen LogP contribution in [0.2, 0.25) is 5.02 Å². The quantitative estimate of drug-likeness (QED) is 0.862. The van der Waals surface area contributed by atoms with Gasteiger partial charge in [-0.3, -0.25) is 4.68 Å². The van der Waals surface area contributed by atoms with Crippen LogP contribution in [0.4, 0.5) is 0 Å². The number of aryl methyl sites for hydroxylation is 1. The van der Waals surface area contributed by atoms with Gasteiger partial charge in [-0.25, -0.2) is 13.1 Å². The highest BCUT2D eigenvalue weighted by Gasteiger charge is 2.18. The van der Waals surface area contributed by atoms with E-state index in [0.29, 0.717) is 6.54 Å². The third kappa shape index (κ3) is 3.37. The first-order chi connectivity index (χ1) is 9.42. The third-order valence-electron chi connectivity index (χ3n) is 2.75. The molecule has 0 spiro atoms. The molecule has 0 unspecified atom stereocenters. The molecule has 20 heavy (non-hydrogen) atoms. The molecule has 0 fully saturated rings. The van der Waals surface area contributed by atoms with Crippen molar-refractivity contribution in [3.8, 4) is 0 Å². The van der Waals surface area contributed by atoms with Crippen LogP contribution in [0.15, 0.2) is 35.5 Å². The van der Waals surface area contributed by atoms with Crippen molar-refractivity contribution in [1.82, 2.24) is 14.5 Å². The maximum atomic E-state index is 12.2. The monoisotopic (exact) mass is 314 g/mol. The van der Waals surface area contributed by atoms with E-state index in [1.807, 2.05) is 0 Å². The number of hydrogen-bond donors (Lipinski definition) is 2.